The van der Waals surface area contributed by atoms with Gasteiger partial charge in [-0.3, -0.25) is 4.79 Å². The zero-order chi connectivity index (χ0) is 23.8. The molecule has 8 heteroatoms. The molecule has 1 aromatic heterocycles. The van der Waals surface area contributed by atoms with Crippen LogP contribution in [0, 0.1) is 0 Å². The summed E-state index contributed by atoms with van der Waals surface area (Å²) in [7, 11) is 1.59. The number of nitrogens with two attached hydrogens (primary N) is 1. The van der Waals surface area contributed by atoms with Crippen LogP contribution in [-0.2, 0) is 16.8 Å². The fourth-order valence-electron chi connectivity index (χ4n) is 3.95. The van der Waals surface area contributed by atoms with Crippen LogP contribution >= 0.6 is 0 Å². The number of carbonyl (C=O) groups is 1. The Labute approximate surface area is 193 Å². The van der Waals surface area contributed by atoms with Gasteiger partial charge in [0.2, 0.25) is 11.9 Å². The van der Waals surface area contributed by atoms with E-state index in [1.165, 1.54) is 11.9 Å². The van der Waals surface area contributed by atoms with E-state index in [-0.39, 0.29) is 5.41 Å². The molecule has 0 unspecified atom stereocenters. The zero-order valence-electron chi connectivity index (χ0n) is 19.5. The van der Waals surface area contributed by atoms with Crippen molar-refractivity contribution in [3.8, 4) is 11.5 Å². The molecule has 1 atom stereocenters. The Hall–Kier alpha value is -3.81. The topological polar surface area (TPSA) is 104 Å². The van der Waals surface area contributed by atoms with Gasteiger partial charge in [0.1, 0.15) is 19.0 Å². The standard InChI is InChI=1S/C25H29N5O3/c1-15-21(23(26)31)22(30-24(29-15)27-14-28-30)17-8-11-19(20(12-17)32-5)33-13-16-6-9-18(10-7-16)25(2,3)4/h6-12,14,22H,13H2,1-5H3,(H2,26,31)(H,27,28,29)/t22-/m0/s1. The molecular formula is C25H29N5O3. The fourth-order valence-corrected chi connectivity index (χ4v) is 3.95. The Kier molecular flexibility index (Phi) is 5.84. The molecule has 0 aliphatic carbocycles. The van der Waals surface area contributed by atoms with E-state index >= 15 is 0 Å². The van der Waals surface area contributed by atoms with Gasteiger partial charge >= 0.3 is 0 Å². The number of fused-ring (bicyclic) bond motifs is 1. The van der Waals surface area contributed by atoms with Crippen LogP contribution in [0.15, 0.2) is 60.1 Å². The lowest BCUT2D eigenvalue weighted by Crippen LogP contribution is -2.31. The summed E-state index contributed by atoms with van der Waals surface area (Å²) in [6.07, 6.45) is 1.44. The Balaban J connectivity index is 1.60. The summed E-state index contributed by atoms with van der Waals surface area (Å²) in [5, 5.41) is 7.36. The van der Waals surface area contributed by atoms with Gasteiger partial charge in [0.25, 0.3) is 0 Å². The van der Waals surface area contributed by atoms with Gasteiger partial charge in [-0.05, 0) is 41.2 Å². The molecule has 3 N–H and O–H groups in total. The van der Waals surface area contributed by atoms with Crippen LogP contribution in [0.4, 0.5) is 5.95 Å². The number of primary amides is 1. The third-order valence-corrected chi connectivity index (χ3v) is 5.78. The second-order valence-electron chi connectivity index (χ2n) is 9.10. The second-order valence-corrected chi connectivity index (χ2v) is 9.10. The molecule has 3 aromatic rings. The van der Waals surface area contributed by atoms with Gasteiger partial charge in [0.15, 0.2) is 11.5 Å². The number of aromatic nitrogens is 3. The minimum Gasteiger partial charge on any atom is -0.493 e. The summed E-state index contributed by atoms with van der Waals surface area (Å²) < 4.78 is 13.3. The lowest BCUT2D eigenvalue weighted by molar-refractivity contribution is -0.115. The molecular weight excluding hydrogens is 418 g/mol. The highest BCUT2D eigenvalue weighted by Crippen LogP contribution is 2.38. The van der Waals surface area contributed by atoms with Crippen molar-refractivity contribution in [3.63, 3.8) is 0 Å². The van der Waals surface area contributed by atoms with E-state index in [4.69, 9.17) is 15.2 Å². The molecule has 0 radical (unpaired) electrons. The van der Waals surface area contributed by atoms with Crippen LogP contribution in [0.2, 0.25) is 0 Å². The number of hydrogen-bond acceptors (Lipinski definition) is 6. The van der Waals surface area contributed by atoms with Gasteiger partial charge in [-0.1, -0.05) is 51.1 Å². The molecule has 1 amide bonds. The lowest BCUT2D eigenvalue weighted by atomic mass is 9.87. The van der Waals surface area contributed by atoms with Gasteiger partial charge in [-0.2, -0.15) is 10.1 Å². The van der Waals surface area contributed by atoms with Crippen molar-refractivity contribution in [2.75, 3.05) is 12.4 Å². The molecule has 0 saturated carbocycles. The Morgan fingerprint density at radius 3 is 2.52 bits per heavy atom. The Bertz CT molecular complexity index is 1210. The zero-order valence-corrected chi connectivity index (χ0v) is 19.5. The molecule has 8 nitrogen and oxygen atoms in total. The third kappa shape index (κ3) is 4.41. The number of anilines is 1. The number of nitrogens with one attached hydrogen (secondary N) is 1. The van der Waals surface area contributed by atoms with Crippen molar-refractivity contribution >= 4 is 11.9 Å². The van der Waals surface area contributed by atoms with Crippen molar-refractivity contribution in [1.29, 1.82) is 0 Å². The highest BCUT2D eigenvalue weighted by Gasteiger charge is 2.32. The van der Waals surface area contributed by atoms with Crippen molar-refractivity contribution in [3.05, 3.63) is 76.8 Å². The Morgan fingerprint density at radius 1 is 1.15 bits per heavy atom. The van der Waals surface area contributed by atoms with Crippen LogP contribution in [0.25, 0.3) is 0 Å². The summed E-state index contributed by atoms with van der Waals surface area (Å²) >= 11 is 0. The first-order valence-electron chi connectivity index (χ1n) is 10.8. The van der Waals surface area contributed by atoms with Gasteiger partial charge < -0.3 is 20.5 Å². The van der Waals surface area contributed by atoms with Gasteiger partial charge in [-0.25, -0.2) is 4.68 Å². The first-order valence-corrected chi connectivity index (χ1v) is 10.8. The number of benzene rings is 2. The minimum atomic E-state index is -0.524. The molecule has 2 aromatic carbocycles. The molecule has 33 heavy (non-hydrogen) atoms. The number of nitrogens with zero attached hydrogens (tertiary/aromatic N) is 3. The molecule has 4 rings (SSSR count). The maximum atomic E-state index is 12.3. The third-order valence-electron chi connectivity index (χ3n) is 5.78. The average molecular weight is 448 g/mol. The molecule has 0 spiro atoms. The number of rotatable bonds is 6. The molecule has 0 fully saturated rings. The number of methoxy groups -OCH3 is 1. The number of ether oxygens (including phenoxy) is 2. The molecule has 0 bridgehead atoms. The molecule has 2 heterocycles. The van der Waals surface area contributed by atoms with Gasteiger partial charge in [0.05, 0.1) is 12.7 Å². The van der Waals surface area contributed by atoms with E-state index in [9.17, 15) is 4.79 Å². The van der Waals surface area contributed by atoms with E-state index in [0.29, 0.717) is 35.3 Å². The predicted octanol–water partition coefficient (Wildman–Crippen LogP) is 3.94. The number of allylic oxidation sites excluding steroid dienone is 1. The lowest BCUT2D eigenvalue weighted by Gasteiger charge is -2.28. The minimum absolute atomic E-state index is 0.105. The van der Waals surface area contributed by atoms with Crippen molar-refractivity contribution in [2.24, 2.45) is 5.73 Å². The summed E-state index contributed by atoms with van der Waals surface area (Å²) in [5.41, 5.74) is 10.0. The van der Waals surface area contributed by atoms with Crippen molar-refractivity contribution < 1.29 is 14.3 Å². The largest absolute Gasteiger partial charge is 0.493 e. The van der Waals surface area contributed by atoms with Crippen LogP contribution in [0.3, 0.4) is 0 Å². The highest BCUT2D eigenvalue weighted by atomic mass is 16.5. The smallest absolute Gasteiger partial charge is 0.248 e. The fraction of sp³-hybridized carbons (Fsp3) is 0.320. The average Bonchev–Trinajstić information content (AvgIpc) is 3.24. The second kappa shape index (κ2) is 8.61. The van der Waals surface area contributed by atoms with E-state index in [1.807, 2.05) is 18.2 Å². The molecule has 1 aliphatic heterocycles. The molecule has 0 saturated heterocycles. The van der Waals surface area contributed by atoms with E-state index < -0.39 is 11.9 Å². The Morgan fingerprint density at radius 2 is 1.88 bits per heavy atom. The van der Waals surface area contributed by atoms with E-state index in [0.717, 1.165) is 11.1 Å². The van der Waals surface area contributed by atoms with E-state index in [1.54, 1.807) is 18.7 Å². The number of amides is 1. The maximum absolute atomic E-state index is 12.3. The SMILES string of the molecule is COc1cc([C@H]2C(C(N)=O)=C(C)Nc3ncnn32)ccc1OCc1ccc(C(C)(C)C)cc1. The first kappa shape index (κ1) is 22.4. The summed E-state index contributed by atoms with van der Waals surface area (Å²) in [5.74, 6) is 1.18. The maximum Gasteiger partial charge on any atom is 0.248 e. The summed E-state index contributed by atoms with van der Waals surface area (Å²) in [6, 6.07) is 13.5. The summed E-state index contributed by atoms with van der Waals surface area (Å²) in [6.45, 7) is 8.78. The molecule has 1 aliphatic rings. The molecule has 172 valence electrons. The first-order chi connectivity index (χ1) is 15.7. The van der Waals surface area contributed by atoms with Crippen LogP contribution < -0.4 is 20.5 Å². The monoisotopic (exact) mass is 447 g/mol. The quantitative estimate of drug-likeness (QED) is 0.593. The number of hydrogen-bond donors (Lipinski definition) is 2. The van der Waals surface area contributed by atoms with Crippen LogP contribution in [-0.4, -0.2) is 27.8 Å². The van der Waals surface area contributed by atoms with E-state index in [2.05, 4.69) is 60.4 Å². The normalized spacial score (nSPS) is 15.6. The van der Waals surface area contributed by atoms with Crippen LogP contribution in [0.1, 0.15) is 50.4 Å². The predicted molar refractivity (Wildman–Crippen MR) is 126 cm³/mol. The van der Waals surface area contributed by atoms with Crippen molar-refractivity contribution in [2.45, 2.75) is 45.8 Å². The highest BCUT2D eigenvalue weighted by molar-refractivity contribution is 5.95. The number of carbonyl (C=O) groups excluding carboxylic acids is 1. The van der Waals surface area contributed by atoms with Gasteiger partial charge in [-0.15, -0.1) is 0 Å². The van der Waals surface area contributed by atoms with Crippen LogP contribution in [0.5, 0.6) is 11.5 Å². The summed E-state index contributed by atoms with van der Waals surface area (Å²) in [4.78, 5) is 16.5. The van der Waals surface area contributed by atoms with Gasteiger partial charge in [0, 0.05) is 5.70 Å². The van der Waals surface area contributed by atoms with Crippen molar-refractivity contribution in [1.82, 2.24) is 14.8 Å².